The zero-order valence-electron chi connectivity index (χ0n) is 9.82. The number of hydrogen-bond acceptors (Lipinski definition) is 2. The van der Waals surface area contributed by atoms with Crippen molar-refractivity contribution in [3.05, 3.63) is 29.3 Å². The Balaban J connectivity index is 2.24. The smallest absolute Gasteiger partial charge is 0.264 e. The number of benzene rings is 1. The molecule has 0 spiro atoms. The zero-order chi connectivity index (χ0) is 11.5. The molecular weight excluding hydrogens is 218 g/mol. The second-order valence-corrected chi connectivity index (χ2v) is 4.71. The van der Waals surface area contributed by atoms with Crippen LogP contribution in [0, 0.1) is 0 Å². The summed E-state index contributed by atoms with van der Waals surface area (Å²) in [6.45, 7) is 0. The monoisotopic (exact) mass is 235 g/mol. The van der Waals surface area contributed by atoms with Crippen LogP contribution in [0.15, 0.2) is 18.2 Å². The van der Waals surface area contributed by atoms with E-state index in [4.69, 9.17) is 17.0 Å². The van der Waals surface area contributed by atoms with E-state index < -0.39 is 0 Å². The highest BCUT2D eigenvalue weighted by Gasteiger charge is 2.15. The molecule has 0 heterocycles. The summed E-state index contributed by atoms with van der Waals surface area (Å²) in [5.41, 5.74) is 2.77. The molecule has 2 rings (SSSR count). The van der Waals surface area contributed by atoms with Crippen molar-refractivity contribution in [2.24, 2.45) is 0 Å². The van der Waals surface area contributed by atoms with E-state index in [2.05, 4.69) is 12.1 Å². The standard InChI is InChI=1S/C13H17NOS/c1-14(2)13(16)15-12-9-5-7-10-6-3-4-8-11(10)12/h5,7,9H,3-4,6,8H2,1-2H3. The maximum absolute atomic E-state index is 5.73. The number of hydrogen-bond donors (Lipinski definition) is 0. The predicted octanol–water partition coefficient (Wildman–Crippen LogP) is 2.79. The van der Waals surface area contributed by atoms with Gasteiger partial charge in [0.1, 0.15) is 5.75 Å². The Hall–Kier alpha value is -1.09. The summed E-state index contributed by atoms with van der Waals surface area (Å²) in [4.78, 5) is 1.82. The number of aryl methyl sites for hydroxylation is 1. The van der Waals surface area contributed by atoms with E-state index in [1.165, 1.54) is 30.4 Å². The summed E-state index contributed by atoms with van der Waals surface area (Å²) < 4.78 is 5.73. The number of rotatable bonds is 1. The first-order chi connectivity index (χ1) is 7.68. The fraction of sp³-hybridized carbons (Fsp3) is 0.462. The highest BCUT2D eigenvalue weighted by molar-refractivity contribution is 7.80. The highest BCUT2D eigenvalue weighted by Crippen LogP contribution is 2.29. The fourth-order valence-electron chi connectivity index (χ4n) is 2.03. The molecule has 0 aromatic heterocycles. The van der Waals surface area contributed by atoms with E-state index in [1.807, 2.05) is 25.1 Å². The van der Waals surface area contributed by atoms with E-state index in [9.17, 15) is 0 Å². The van der Waals surface area contributed by atoms with Gasteiger partial charge in [-0.1, -0.05) is 12.1 Å². The Labute approximate surface area is 102 Å². The zero-order valence-corrected chi connectivity index (χ0v) is 10.6. The Kier molecular flexibility index (Phi) is 3.44. The van der Waals surface area contributed by atoms with Crippen molar-refractivity contribution < 1.29 is 4.74 Å². The third-order valence-corrected chi connectivity index (χ3v) is 3.36. The van der Waals surface area contributed by atoms with Gasteiger partial charge in [-0.15, -0.1) is 0 Å². The SMILES string of the molecule is CN(C)C(=S)Oc1cccc2c1CCCC2. The normalized spacial score (nSPS) is 14.1. The lowest BCUT2D eigenvalue weighted by molar-refractivity contribution is 0.442. The van der Waals surface area contributed by atoms with E-state index in [0.29, 0.717) is 5.17 Å². The van der Waals surface area contributed by atoms with Crippen LogP contribution < -0.4 is 4.74 Å². The molecule has 3 heteroatoms. The number of fused-ring (bicyclic) bond motifs is 1. The first kappa shape index (κ1) is 11.4. The van der Waals surface area contributed by atoms with Gasteiger partial charge in [-0.3, -0.25) is 0 Å². The molecule has 0 bridgehead atoms. The van der Waals surface area contributed by atoms with Crippen molar-refractivity contribution in [1.82, 2.24) is 4.90 Å². The van der Waals surface area contributed by atoms with Gasteiger partial charge in [-0.25, -0.2) is 0 Å². The minimum atomic E-state index is 0.527. The van der Waals surface area contributed by atoms with Crippen molar-refractivity contribution >= 4 is 17.4 Å². The minimum Gasteiger partial charge on any atom is -0.431 e. The van der Waals surface area contributed by atoms with Crippen LogP contribution >= 0.6 is 12.2 Å². The Morgan fingerprint density at radius 1 is 1.25 bits per heavy atom. The quantitative estimate of drug-likeness (QED) is 0.695. The van der Waals surface area contributed by atoms with Crippen molar-refractivity contribution in [2.45, 2.75) is 25.7 Å². The van der Waals surface area contributed by atoms with Gasteiger partial charge in [0.2, 0.25) is 0 Å². The third kappa shape index (κ3) is 2.35. The molecule has 1 aliphatic carbocycles. The number of ether oxygens (including phenoxy) is 1. The molecule has 16 heavy (non-hydrogen) atoms. The maximum atomic E-state index is 5.73. The second kappa shape index (κ2) is 4.83. The molecule has 0 N–H and O–H groups in total. The number of nitrogens with zero attached hydrogens (tertiary/aromatic N) is 1. The minimum absolute atomic E-state index is 0.527. The van der Waals surface area contributed by atoms with Crippen molar-refractivity contribution in [3.63, 3.8) is 0 Å². The average molecular weight is 235 g/mol. The van der Waals surface area contributed by atoms with Gasteiger partial charge in [0.05, 0.1) is 0 Å². The van der Waals surface area contributed by atoms with E-state index >= 15 is 0 Å². The summed E-state index contributed by atoms with van der Waals surface area (Å²) in [6, 6.07) is 6.26. The van der Waals surface area contributed by atoms with Gasteiger partial charge in [0.15, 0.2) is 0 Å². The molecule has 86 valence electrons. The van der Waals surface area contributed by atoms with E-state index in [-0.39, 0.29) is 0 Å². The van der Waals surface area contributed by atoms with Gasteiger partial charge in [-0.05, 0) is 55.1 Å². The molecule has 2 nitrogen and oxygen atoms in total. The van der Waals surface area contributed by atoms with Gasteiger partial charge < -0.3 is 9.64 Å². The molecule has 0 saturated carbocycles. The van der Waals surface area contributed by atoms with Crippen LogP contribution in [0.1, 0.15) is 24.0 Å². The van der Waals surface area contributed by atoms with Crippen LogP contribution in [-0.4, -0.2) is 24.2 Å². The first-order valence-corrected chi connectivity index (χ1v) is 6.09. The van der Waals surface area contributed by atoms with Crippen molar-refractivity contribution in [1.29, 1.82) is 0 Å². The van der Waals surface area contributed by atoms with Crippen molar-refractivity contribution in [3.8, 4) is 5.75 Å². The van der Waals surface area contributed by atoms with Gasteiger partial charge >= 0.3 is 0 Å². The van der Waals surface area contributed by atoms with Crippen LogP contribution in [-0.2, 0) is 12.8 Å². The van der Waals surface area contributed by atoms with Crippen LogP contribution in [0.4, 0.5) is 0 Å². The lowest BCUT2D eigenvalue weighted by Gasteiger charge is -2.21. The molecule has 0 unspecified atom stereocenters. The molecule has 1 aromatic carbocycles. The van der Waals surface area contributed by atoms with Gasteiger partial charge in [0.25, 0.3) is 5.17 Å². The summed E-state index contributed by atoms with van der Waals surface area (Å²) >= 11 is 5.17. The first-order valence-electron chi connectivity index (χ1n) is 5.68. The topological polar surface area (TPSA) is 12.5 Å². The molecular formula is C13H17NOS. The third-order valence-electron chi connectivity index (χ3n) is 2.92. The molecule has 1 aliphatic rings. The van der Waals surface area contributed by atoms with Crippen LogP contribution in [0.5, 0.6) is 5.75 Å². The Morgan fingerprint density at radius 3 is 2.75 bits per heavy atom. The van der Waals surface area contributed by atoms with Crippen LogP contribution in [0.2, 0.25) is 0 Å². The van der Waals surface area contributed by atoms with E-state index in [1.54, 1.807) is 0 Å². The Morgan fingerprint density at radius 2 is 2.00 bits per heavy atom. The average Bonchev–Trinajstić information content (AvgIpc) is 2.29. The molecule has 0 amide bonds. The lowest BCUT2D eigenvalue weighted by Crippen LogP contribution is -2.25. The predicted molar refractivity (Wildman–Crippen MR) is 70.0 cm³/mol. The number of thiocarbonyl (C=S) groups is 1. The molecule has 0 saturated heterocycles. The highest BCUT2D eigenvalue weighted by atomic mass is 32.1. The van der Waals surface area contributed by atoms with E-state index in [0.717, 1.165) is 12.2 Å². The molecule has 0 aliphatic heterocycles. The van der Waals surface area contributed by atoms with Gasteiger partial charge in [-0.2, -0.15) is 0 Å². The molecule has 0 radical (unpaired) electrons. The fourth-order valence-corrected chi connectivity index (χ4v) is 2.12. The summed E-state index contributed by atoms with van der Waals surface area (Å²) in [5, 5.41) is 0.527. The van der Waals surface area contributed by atoms with Crippen LogP contribution in [0.25, 0.3) is 0 Å². The summed E-state index contributed by atoms with van der Waals surface area (Å²) in [6.07, 6.45) is 4.82. The molecule has 0 fully saturated rings. The Bertz CT molecular complexity index is 401. The van der Waals surface area contributed by atoms with Gasteiger partial charge in [0, 0.05) is 14.1 Å². The van der Waals surface area contributed by atoms with Crippen LogP contribution in [0.3, 0.4) is 0 Å². The molecule has 0 atom stereocenters. The second-order valence-electron chi connectivity index (χ2n) is 4.36. The maximum Gasteiger partial charge on any atom is 0.264 e. The largest absolute Gasteiger partial charge is 0.431 e. The summed E-state index contributed by atoms with van der Waals surface area (Å²) in [7, 11) is 3.80. The van der Waals surface area contributed by atoms with Crippen molar-refractivity contribution in [2.75, 3.05) is 14.1 Å². The lowest BCUT2D eigenvalue weighted by atomic mass is 9.91. The summed E-state index contributed by atoms with van der Waals surface area (Å²) in [5.74, 6) is 0.941. The molecule has 1 aromatic rings.